The Balaban J connectivity index is 2.22. The molecule has 2 aromatic carbocycles. The summed E-state index contributed by atoms with van der Waals surface area (Å²) >= 11 is 6.05. The van der Waals surface area contributed by atoms with Crippen molar-refractivity contribution < 1.29 is 0 Å². The molecule has 1 N–H and O–H groups in total. The van der Waals surface area contributed by atoms with Crippen LogP contribution in [0.4, 0.5) is 5.69 Å². The second-order valence-corrected chi connectivity index (χ2v) is 5.61. The van der Waals surface area contributed by atoms with E-state index in [9.17, 15) is 0 Å². The topological polar surface area (TPSA) is 12.0 Å². The lowest BCUT2D eigenvalue weighted by atomic mass is 10.0. The largest absolute Gasteiger partial charge is 0.378 e. The first kappa shape index (κ1) is 14.0. The maximum Gasteiger partial charge on any atom is 0.0485 e. The number of nitrogens with one attached hydrogen (secondary N) is 1. The van der Waals surface area contributed by atoms with E-state index in [1.807, 2.05) is 18.2 Å². The molecule has 0 aliphatic carbocycles. The molecule has 0 spiro atoms. The predicted molar refractivity (Wildman–Crippen MR) is 84.1 cm³/mol. The molecule has 0 fully saturated rings. The maximum atomic E-state index is 6.05. The molecule has 2 heteroatoms. The third-order valence-corrected chi connectivity index (χ3v) is 3.84. The van der Waals surface area contributed by atoms with Gasteiger partial charge in [0.2, 0.25) is 0 Å². The first-order valence-electron chi connectivity index (χ1n) is 6.57. The Labute approximate surface area is 120 Å². The molecule has 19 heavy (non-hydrogen) atoms. The van der Waals surface area contributed by atoms with Crippen molar-refractivity contribution in [1.29, 1.82) is 0 Å². The number of hydrogen-bond donors (Lipinski definition) is 1. The van der Waals surface area contributed by atoms with Gasteiger partial charge in [-0.3, -0.25) is 0 Å². The lowest BCUT2D eigenvalue weighted by Crippen LogP contribution is -2.08. The Morgan fingerprint density at radius 3 is 2.26 bits per heavy atom. The number of anilines is 1. The highest BCUT2D eigenvalue weighted by atomic mass is 35.5. The zero-order chi connectivity index (χ0) is 14.0. The van der Waals surface area contributed by atoms with E-state index in [1.165, 1.54) is 22.3 Å². The van der Waals surface area contributed by atoms with Crippen molar-refractivity contribution >= 4 is 17.3 Å². The maximum absolute atomic E-state index is 6.05. The van der Waals surface area contributed by atoms with E-state index < -0.39 is 0 Å². The van der Waals surface area contributed by atoms with Gasteiger partial charge in [-0.25, -0.2) is 0 Å². The third kappa shape index (κ3) is 3.30. The smallest absolute Gasteiger partial charge is 0.0485 e. The molecular formula is C17H20ClN. The van der Waals surface area contributed by atoms with E-state index in [-0.39, 0.29) is 6.04 Å². The zero-order valence-corrected chi connectivity index (χ0v) is 12.7. The Bertz CT molecular complexity index is 590. The van der Waals surface area contributed by atoms with E-state index in [0.717, 1.165) is 10.7 Å². The Kier molecular flexibility index (Phi) is 4.16. The van der Waals surface area contributed by atoms with E-state index in [4.69, 9.17) is 11.6 Å². The molecule has 0 heterocycles. The van der Waals surface area contributed by atoms with Gasteiger partial charge in [-0.15, -0.1) is 0 Å². The standard InChI is InChI=1S/C17H20ClN/c1-11-5-7-15(9-13(11)3)14(4)19-17-10-16(18)8-6-12(17)2/h5-10,14,19H,1-4H3. The van der Waals surface area contributed by atoms with Crippen molar-refractivity contribution in [2.24, 2.45) is 0 Å². The van der Waals surface area contributed by atoms with Crippen LogP contribution in [-0.4, -0.2) is 0 Å². The van der Waals surface area contributed by atoms with Crippen molar-refractivity contribution in [3.8, 4) is 0 Å². The molecular weight excluding hydrogens is 254 g/mol. The van der Waals surface area contributed by atoms with Gasteiger partial charge in [0.1, 0.15) is 0 Å². The van der Waals surface area contributed by atoms with Gasteiger partial charge in [0, 0.05) is 16.8 Å². The summed E-state index contributed by atoms with van der Waals surface area (Å²) in [6, 6.07) is 12.8. The van der Waals surface area contributed by atoms with Gasteiger partial charge >= 0.3 is 0 Å². The predicted octanol–water partition coefficient (Wildman–Crippen LogP) is 5.44. The molecule has 100 valence electrons. The quantitative estimate of drug-likeness (QED) is 0.785. The first-order valence-corrected chi connectivity index (χ1v) is 6.95. The summed E-state index contributed by atoms with van der Waals surface area (Å²) in [5.41, 5.74) is 6.25. The average molecular weight is 274 g/mol. The van der Waals surface area contributed by atoms with Gasteiger partial charge in [-0.2, -0.15) is 0 Å². The highest BCUT2D eigenvalue weighted by Gasteiger charge is 2.08. The fourth-order valence-corrected chi connectivity index (χ4v) is 2.27. The summed E-state index contributed by atoms with van der Waals surface area (Å²) in [6.45, 7) is 8.55. The second kappa shape index (κ2) is 5.66. The molecule has 1 atom stereocenters. The summed E-state index contributed by atoms with van der Waals surface area (Å²) < 4.78 is 0. The van der Waals surface area contributed by atoms with Crippen LogP contribution in [0, 0.1) is 20.8 Å². The minimum atomic E-state index is 0.261. The molecule has 0 amide bonds. The molecule has 2 rings (SSSR count). The number of benzene rings is 2. The highest BCUT2D eigenvalue weighted by Crippen LogP contribution is 2.26. The molecule has 0 saturated heterocycles. The van der Waals surface area contributed by atoms with Gasteiger partial charge in [0.05, 0.1) is 0 Å². The summed E-state index contributed by atoms with van der Waals surface area (Å²) in [6.07, 6.45) is 0. The molecule has 0 bridgehead atoms. The lowest BCUT2D eigenvalue weighted by molar-refractivity contribution is 0.879. The Morgan fingerprint density at radius 1 is 0.895 bits per heavy atom. The van der Waals surface area contributed by atoms with Gasteiger partial charge in [0.15, 0.2) is 0 Å². The van der Waals surface area contributed by atoms with Crippen LogP contribution < -0.4 is 5.32 Å². The van der Waals surface area contributed by atoms with Crippen molar-refractivity contribution in [3.63, 3.8) is 0 Å². The molecule has 2 aromatic rings. The molecule has 1 nitrogen and oxygen atoms in total. The fraction of sp³-hybridized carbons (Fsp3) is 0.294. The summed E-state index contributed by atoms with van der Waals surface area (Å²) in [7, 11) is 0. The summed E-state index contributed by atoms with van der Waals surface area (Å²) in [4.78, 5) is 0. The van der Waals surface area contributed by atoms with E-state index in [2.05, 4.69) is 51.2 Å². The van der Waals surface area contributed by atoms with Crippen molar-refractivity contribution in [2.75, 3.05) is 5.32 Å². The Morgan fingerprint density at radius 2 is 1.58 bits per heavy atom. The number of rotatable bonds is 3. The van der Waals surface area contributed by atoms with Gasteiger partial charge < -0.3 is 5.32 Å². The number of halogens is 1. The van der Waals surface area contributed by atoms with Crippen molar-refractivity contribution in [3.05, 3.63) is 63.7 Å². The van der Waals surface area contributed by atoms with E-state index in [0.29, 0.717) is 0 Å². The van der Waals surface area contributed by atoms with Crippen LogP contribution in [-0.2, 0) is 0 Å². The lowest BCUT2D eigenvalue weighted by Gasteiger charge is -2.18. The van der Waals surface area contributed by atoms with Crippen LogP contribution in [0.3, 0.4) is 0 Å². The minimum Gasteiger partial charge on any atom is -0.378 e. The van der Waals surface area contributed by atoms with E-state index >= 15 is 0 Å². The molecule has 1 unspecified atom stereocenters. The van der Waals surface area contributed by atoms with Crippen molar-refractivity contribution in [1.82, 2.24) is 0 Å². The molecule has 0 aromatic heterocycles. The van der Waals surface area contributed by atoms with Gasteiger partial charge in [-0.05, 0) is 62.1 Å². The van der Waals surface area contributed by atoms with Crippen LogP contribution in [0.2, 0.25) is 5.02 Å². The zero-order valence-electron chi connectivity index (χ0n) is 11.9. The van der Waals surface area contributed by atoms with Crippen LogP contribution in [0.1, 0.15) is 35.2 Å². The van der Waals surface area contributed by atoms with Gasteiger partial charge in [0.25, 0.3) is 0 Å². The SMILES string of the molecule is Cc1ccc(C(C)Nc2cc(Cl)ccc2C)cc1C. The molecule has 0 radical (unpaired) electrons. The molecule has 0 saturated carbocycles. The third-order valence-electron chi connectivity index (χ3n) is 3.60. The summed E-state index contributed by atoms with van der Waals surface area (Å²) in [5.74, 6) is 0. The first-order chi connectivity index (χ1) is 8.97. The van der Waals surface area contributed by atoms with E-state index in [1.54, 1.807) is 0 Å². The fourth-order valence-electron chi connectivity index (χ4n) is 2.10. The highest BCUT2D eigenvalue weighted by molar-refractivity contribution is 6.30. The van der Waals surface area contributed by atoms with Gasteiger partial charge in [-0.1, -0.05) is 35.9 Å². The van der Waals surface area contributed by atoms with Crippen LogP contribution in [0.5, 0.6) is 0 Å². The Hall–Kier alpha value is -1.47. The second-order valence-electron chi connectivity index (χ2n) is 5.17. The normalized spacial score (nSPS) is 12.3. The average Bonchev–Trinajstić information content (AvgIpc) is 2.37. The van der Waals surface area contributed by atoms with Crippen LogP contribution >= 0.6 is 11.6 Å². The summed E-state index contributed by atoms with van der Waals surface area (Å²) in [5, 5.41) is 4.29. The van der Waals surface area contributed by atoms with Crippen molar-refractivity contribution in [2.45, 2.75) is 33.7 Å². The molecule has 0 aliphatic heterocycles. The molecule has 0 aliphatic rings. The van der Waals surface area contributed by atoms with Crippen LogP contribution in [0.15, 0.2) is 36.4 Å². The van der Waals surface area contributed by atoms with Crippen LogP contribution in [0.25, 0.3) is 0 Å². The number of hydrogen-bond acceptors (Lipinski definition) is 1. The minimum absolute atomic E-state index is 0.261. The number of aryl methyl sites for hydroxylation is 3. The monoisotopic (exact) mass is 273 g/mol.